The summed E-state index contributed by atoms with van der Waals surface area (Å²) in [5.41, 5.74) is 0. The number of carbonyl (C=O) groups excluding carboxylic acids is 1. The quantitative estimate of drug-likeness (QED) is 0.463. The van der Waals surface area contributed by atoms with E-state index in [0.717, 1.165) is 0 Å². The lowest BCUT2D eigenvalue weighted by Gasteiger charge is -2.19. The van der Waals surface area contributed by atoms with Gasteiger partial charge in [-0.15, -0.1) is 0 Å². The monoisotopic (exact) mass is 130 g/mol. The second-order valence-corrected chi connectivity index (χ2v) is 2.49. The Morgan fingerprint density at radius 3 is 2.00 bits per heavy atom. The molecule has 1 aliphatic rings. The summed E-state index contributed by atoms with van der Waals surface area (Å²) in [6.45, 7) is 0. The number of hydrogen-bond donors (Lipinski definition) is 2. The van der Waals surface area contributed by atoms with Gasteiger partial charge in [-0.3, -0.25) is 4.79 Å². The van der Waals surface area contributed by atoms with Gasteiger partial charge in [-0.1, -0.05) is 0 Å². The van der Waals surface area contributed by atoms with Gasteiger partial charge in [0, 0.05) is 19.3 Å². The number of carbonyl (C=O) groups is 1. The van der Waals surface area contributed by atoms with E-state index in [-0.39, 0.29) is 18.6 Å². The fourth-order valence-electron chi connectivity index (χ4n) is 1.09. The standard InChI is InChI=1S/C6H10O3/c7-4-1-5(8)3-6(9)2-4/h4-5,7-8H,1-3H2/t4-,5?/m0/s1. The third kappa shape index (κ3) is 1.77. The van der Waals surface area contributed by atoms with Crippen LogP contribution in [0.5, 0.6) is 0 Å². The maximum absolute atomic E-state index is 10.6. The molecule has 2 N–H and O–H groups in total. The molecule has 0 amide bonds. The molecule has 0 aromatic heterocycles. The van der Waals surface area contributed by atoms with Crippen molar-refractivity contribution in [3.63, 3.8) is 0 Å². The van der Waals surface area contributed by atoms with E-state index in [1.54, 1.807) is 0 Å². The minimum atomic E-state index is -0.610. The fourth-order valence-corrected chi connectivity index (χ4v) is 1.09. The van der Waals surface area contributed by atoms with Crippen molar-refractivity contribution in [3.05, 3.63) is 0 Å². The lowest BCUT2D eigenvalue weighted by atomic mass is 9.94. The van der Waals surface area contributed by atoms with Crippen molar-refractivity contribution in [2.24, 2.45) is 0 Å². The molecule has 52 valence electrons. The minimum Gasteiger partial charge on any atom is -0.393 e. The van der Waals surface area contributed by atoms with Crippen molar-refractivity contribution in [2.45, 2.75) is 31.5 Å². The molecule has 9 heavy (non-hydrogen) atoms. The molecule has 1 fully saturated rings. The van der Waals surface area contributed by atoms with Crippen LogP contribution in [-0.2, 0) is 4.79 Å². The molecule has 0 radical (unpaired) electrons. The molecule has 1 unspecified atom stereocenters. The number of aliphatic hydroxyl groups excluding tert-OH is 2. The Kier molecular flexibility index (Phi) is 1.83. The summed E-state index contributed by atoms with van der Waals surface area (Å²) >= 11 is 0. The van der Waals surface area contributed by atoms with E-state index in [9.17, 15) is 4.79 Å². The summed E-state index contributed by atoms with van der Waals surface area (Å²) < 4.78 is 0. The maximum atomic E-state index is 10.6. The van der Waals surface area contributed by atoms with Crippen LogP contribution in [0.1, 0.15) is 19.3 Å². The first-order chi connectivity index (χ1) is 4.18. The summed E-state index contributed by atoms with van der Waals surface area (Å²) in [5.74, 6) is -0.0405. The first-order valence-electron chi connectivity index (χ1n) is 3.06. The lowest BCUT2D eigenvalue weighted by molar-refractivity contribution is -0.126. The van der Waals surface area contributed by atoms with Crippen LogP contribution < -0.4 is 0 Å². The average Bonchev–Trinajstić information content (AvgIpc) is 1.59. The van der Waals surface area contributed by atoms with Crippen LogP contribution in [0.3, 0.4) is 0 Å². The molecule has 0 aromatic carbocycles. The van der Waals surface area contributed by atoms with Crippen molar-refractivity contribution in [3.8, 4) is 0 Å². The van der Waals surface area contributed by atoms with Crippen molar-refractivity contribution < 1.29 is 15.0 Å². The van der Waals surface area contributed by atoms with E-state index in [0.29, 0.717) is 6.42 Å². The van der Waals surface area contributed by atoms with Crippen LogP contribution in [0.15, 0.2) is 0 Å². The van der Waals surface area contributed by atoms with Gasteiger partial charge in [-0.2, -0.15) is 0 Å². The highest BCUT2D eigenvalue weighted by atomic mass is 16.3. The highest BCUT2D eigenvalue weighted by Crippen LogP contribution is 2.14. The number of aliphatic hydroxyl groups is 2. The number of hydrogen-bond acceptors (Lipinski definition) is 3. The molecular weight excluding hydrogens is 120 g/mol. The molecule has 1 saturated carbocycles. The first-order valence-corrected chi connectivity index (χ1v) is 3.06. The first kappa shape index (κ1) is 6.71. The number of ketones is 1. The van der Waals surface area contributed by atoms with E-state index in [4.69, 9.17) is 10.2 Å². The van der Waals surface area contributed by atoms with Gasteiger partial charge in [-0.05, 0) is 0 Å². The van der Waals surface area contributed by atoms with Gasteiger partial charge in [0.1, 0.15) is 5.78 Å². The Labute approximate surface area is 53.3 Å². The van der Waals surface area contributed by atoms with Crippen LogP contribution in [0.2, 0.25) is 0 Å². The van der Waals surface area contributed by atoms with E-state index in [1.165, 1.54) is 0 Å². The Morgan fingerprint density at radius 1 is 1.22 bits per heavy atom. The fraction of sp³-hybridized carbons (Fsp3) is 0.833. The van der Waals surface area contributed by atoms with E-state index >= 15 is 0 Å². The highest BCUT2D eigenvalue weighted by molar-refractivity contribution is 5.80. The molecule has 3 heteroatoms. The topological polar surface area (TPSA) is 57.5 Å². The minimum absolute atomic E-state index is 0.0405. The summed E-state index contributed by atoms with van der Waals surface area (Å²) in [6, 6.07) is 0. The molecule has 1 aliphatic carbocycles. The Balaban J connectivity index is 2.43. The van der Waals surface area contributed by atoms with Crippen molar-refractivity contribution in [2.75, 3.05) is 0 Å². The Morgan fingerprint density at radius 2 is 1.67 bits per heavy atom. The molecule has 0 bridgehead atoms. The van der Waals surface area contributed by atoms with Crippen molar-refractivity contribution in [1.82, 2.24) is 0 Å². The molecule has 0 heterocycles. The average molecular weight is 130 g/mol. The van der Waals surface area contributed by atoms with Crippen LogP contribution >= 0.6 is 0 Å². The zero-order valence-electron chi connectivity index (χ0n) is 5.08. The van der Waals surface area contributed by atoms with Crippen molar-refractivity contribution in [1.29, 1.82) is 0 Å². The predicted molar refractivity (Wildman–Crippen MR) is 30.9 cm³/mol. The number of Topliss-reactive ketones (excluding diaryl/α,β-unsaturated/α-hetero) is 1. The van der Waals surface area contributed by atoms with Crippen LogP contribution in [-0.4, -0.2) is 28.2 Å². The molecule has 0 aromatic rings. The largest absolute Gasteiger partial charge is 0.393 e. The van der Waals surface area contributed by atoms with Gasteiger partial charge in [0.2, 0.25) is 0 Å². The zero-order chi connectivity index (χ0) is 6.85. The van der Waals surface area contributed by atoms with E-state index in [2.05, 4.69) is 0 Å². The number of rotatable bonds is 0. The lowest BCUT2D eigenvalue weighted by Crippen LogP contribution is -2.29. The molecule has 0 aliphatic heterocycles. The van der Waals surface area contributed by atoms with Crippen LogP contribution in [0.25, 0.3) is 0 Å². The summed E-state index contributed by atoms with van der Waals surface area (Å²) in [5, 5.41) is 17.7. The molecular formula is C6H10O3. The van der Waals surface area contributed by atoms with Gasteiger partial charge >= 0.3 is 0 Å². The van der Waals surface area contributed by atoms with Gasteiger partial charge in [0.15, 0.2) is 0 Å². The highest BCUT2D eigenvalue weighted by Gasteiger charge is 2.23. The third-order valence-electron chi connectivity index (χ3n) is 1.47. The summed E-state index contributed by atoms with van der Waals surface area (Å²) in [4.78, 5) is 10.6. The molecule has 0 spiro atoms. The maximum Gasteiger partial charge on any atom is 0.138 e. The van der Waals surface area contributed by atoms with E-state index in [1.807, 2.05) is 0 Å². The predicted octanol–water partition coefficient (Wildman–Crippen LogP) is -0.539. The van der Waals surface area contributed by atoms with Gasteiger partial charge in [0.05, 0.1) is 12.2 Å². The third-order valence-corrected chi connectivity index (χ3v) is 1.47. The molecule has 0 saturated heterocycles. The van der Waals surface area contributed by atoms with Crippen LogP contribution in [0, 0.1) is 0 Å². The summed E-state index contributed by atoms with van der Waals surface area (Å²) in [6.07, 6.45) is -0.428. The normalized spacial score (nSPS) is 36.9. The van der Waals surface area contributed by atoms with Crippen LogP contribution in [0.4, 0.5) is 0 Å². The Bertz CT molecular complexity index is 109. The SMILES string of the molecule is O=C1CC(O)C[C@H](O)C1. The second kappa shape index (κ2) is 2.45. The van der Waals surface area contributed by atoms with Gasteiger partial charge in [0.25, 0.3) is 0 Å². The van der Waals surface area contributed by atoms with E-state index < -0.39 is 12.2 Å². The molecule has 2 atom stereocenters. The van der Waals surface area contributed by atoms with Gasteiger partial charge in [-0.25, -0.2) is 0 Å². The smallest absolute Gasteiger partial charge is 0.138 e. The summed E-state index contributed by atoms with van der Waals surface area (Å²) in [7, 11) is 0. The molecule has 3 nitrogen and oxygen atoms in total. The van der Waals surface area contributed by atoms with Crippen molar-refractivity contribution >= 4 is 5.78 Å². The second-order valence-electron chi connectivity index (χ2n) is 2.49. The molecule has 1 rings (SSSR count). The zero-order valence-corrected chi connectivity index (χ0v) is 5.08. The van der Waals surface area contributed by atoms with Gasteiger partial charge < -0.3 is 10.2 Å². The Hall–Kier alpha value is -0.410.